The molecular formula is C18H18FN3O4S. The van der Waals surface area contributed by atoms with Gasteiger partial charge >= 0.3 is 5.97 Å². The van der Waals surface area contributed by atoms with E-state index in [1.807, 2.05) is 12.1 Å². The van der Waals surface area contributed by atoms with E-state index >= 15 is 0 Å². The average Bonchev–Trinajstić information content (AvgIpc) is 3.14. The van der Waals surface area contributed by atoms with Gasteiger partial charge in [0.15, 0.2) is 5.82 Å². The van der Waals surface area contributed by atoms with Crippen LogP contribution in [-0.2, 0) is 11.3 Å². The number of anilines is 1. The number of nitrogens with zero attached hydrogens (tertiary/aromatic N) is 2. The summed E-state index contributed by atoms with van der Waals surface area (Å²) in [5.74, 6) is 0.470. The number of aromatic nitrogens is 2. The molecule has 0 fully saturated rings. The Morgan fingerprint density at radius 3 is 2.74 bits per heavy atom. The Morgan fingerprint density at radius 2 is 2.04 bits per heavy atom. The summed E-state index contributed by atoms with van der Waals surface area (Å²) >= 11 is 0.987. The van der Waals surface area contributed by atoms with Gasteiger partial charge < -0.3 is 19.5 Å². The van der Waals surface area contributed by atoms with Crippen molar-refractivity contribution in [3.8, 4) is 11.5 Å². The molecule has 3 rings (SSSR count). The van der Waals surface area contributed by atoms with E-state index in [1.165, 1.54) is 0 Å². The number of methoxy groups -OCH3 is 2. The minimum absolute atomic E-state index is 0.244. The number of hydrogen-bond acceptors (Lipinski definition) is 8. The zero-order valence-electron chi connectivity index (χ0n) is 15.0. The van der Waals surface area contributed by atoms with Gasteiger partial charge in [-0.1, -0.05) is 0 Å². The Morgan fingerprint density at radius 1 is 1.22 bits per heavy atom. The normalized spacial score (nSPS) is 10.7. The molecule has 27 heavy (non-hydrogen) atoms. The van der Waals surface area contributed by atoms with E-state index < -0.39 is 11.9 Å². The van der Waals surface area contributed by atoms with Crippen molar-refractivity contribution in [2.75, 3.05) is 26.1 Å². The van der Waals surface area contributed by atoms with Crippen molar-refractivity contribution in [3.05, 3.63) is 40.7 Å². The number of carbonyl (C=O) groups is 1. The van der Waals surface area contributed by atoms with Crippen molar-refractivity contribution in [1.82, 2.24) is 10.2 Å². The highest BCUT2D eigenvalue weighted by Gasteiger charge is 2.18. The van der Waals surface area contributed by atoms with E-state index in [-0.39, 0.29) is 11.3 Å². The summed E-state index contributed by atoms with van der Waals surface area (Å²) < 4.78 is 29.8. The molecule has 3 aromatic rings. The fourth-order valence-corrected chi connectivity index (χ4v) is 3.45. The summed E-state index contributed by atoms with van der Waals surface area (Å²) in [6.45, 7) is 2.33. The SMILES string of the molecule is CCOC(=O)c1cc2c(NCc3ccc(OC)cc3OC)nnc(F)c2s1. The topological polar surface area (TPSA) is 82.6 Å². The van der Waals surface area contributed by atoms with Crippen LogP contribution >= 0.6 is 11.3 Å². The standard InChI is InChI=1S/C18H18FN3O4S/c1-4-26-18(23)14-8-12-15(27-14)16(19)21-22-17(12)20-9-10-5-6-11(24-2)7-13(10)25-3/h5-8H,4,9H2,1-3H3,(H,20,22). The number of thiophene rings is 1. The number of hydrogen-bond donors (Lipinski definition) is 1. The van der Waals surface area contributed by atoms with Crippen LogP contribution in [-0.4, -0.2) is 37.0 Å². The first-order chi connectivity index (χ1) is 13.1. The van der Waals surface area contributed by atoms with Crippen LogP contribution in [0.1, 0.15) is 22.2 Å². The van der Waals surface area contributed by atoms with Gasteiger partial charge in [0.1, 0.15) is 16.4 Å². The van der Waals surface area contributed by atoms with Crippen LogP contribution in [0.25, 0.3) is 10.1 Å². The Labute approximate surface area is 159 Å². The minimum Gasteiger partial charge on any atom is -0.497 e. The molecule has 0 aliphatic heterocycles. The van der Waals surface area contributed by atoms with Crippen LogP contribution < -0.4 is 14.8 Å². The molecule has 0 unspecified atom stereocenters. The molecule has 0 spiro atoms. The monoisotopic (exact) mass is 391 g/mol. The molecule has 2 heterocycles. The van der Waals surface area contributed by atoms with E-state index in [0.29, 0.717) is 34.1 Å². The van der Waals surface area contributed by atoms with Gasteiger partial charge in [-0.05, 0) is 25.1 Å². The third-order valence-electron chi connectivity index (χ3n) is 3.83. The molecule has 0 saturated heterocycles. The molecule has 9 heteroatoms. The zero-order chi connectivity index (χ0) is 19.4. The number of benzene rings is 1. The maximum absolute atomic E-state index is 14.0. The molecule has 1 N–H and O–H groups in total. The molecule has 0 bridgehead atoms. The van der Waals surface area contributed by atoms with Gasteiger partial charge in [-0.3, -0.25) is 0 Å². The third-order valence-corrected chi connectivity index (χ3v) is 4.93. The second kappa shape index (κ2) is 8.17. The number of halogens is 1. The number of rotatable bonds is 7. The van der Waals surface area contributed by atoms with Crippen molar-refractivity contribution in [1.29, 1.82) is 0 Å². The molecule has 0 aliphatic rings. The van der Waals surface area contributed by atoms with Crippen LogP contribution in [0.4, 0.5) is 10.2 Å². The van der Waals surface area contributed by atoms with Crippen molar-refractivity contribution in [2.45, 2.75) is 13.5 Å². The Bertz CT molecular complexity index is 977. The quantitative estimate of drug-likeness (QED) is 0.616. The molecule has 0 amide bonds. The van der Waals surface area contributed by atoms with E-state index in [1.54, 1.807) is 33.3 Å². The molecule has 1 aromatic carbocycles. The molecule has 2 aromatic heterocycles. The highest BCUT2D eigenvalue weighted by molar-refractivity contribution is 7.20. The van der Waals surface area contributed by atoms with Crippen LogP contribution in [0, 0.1) is 5.95 Å². The third kappa shape index (κ3) is 3.92. The summed E-state index contributed by atoms with van der Waals surface area (Å²) in [5, 5.41) is 11.0. The molecular weight excluding hydrogens is 373 g/mol. The molecule has 142 valence electrons. The fraction of sp³-hybridized carbons (Fsp3) is 0.278. The maximum atomic E-state index is 14.0. The predicted octanol–water partition coefficient (Wildman–Crippen LogP) is 3.64. The van der Waals surface area contributed by atoms with E-state index in [9.17, 15) is 9.18 Å². The average molecular weight is 391 g/mol. The van der Waals surface area contributed by atoms with Gasteiger partial charge in [-0.25, -0.2) is 4.79 Å². The summed E-state index contributed by atoms with van der Waals surface area (Å²) in [6.07, 6.45) is 0. The number of carbonyl (C=O) groups excluding carboxylic acids is 1. The lowest BCUT2D eigenvalue weighted by Gasteiger charge is -2.11. The molecule has 0 aliphatic carbocycles. The van der Waals surface area contributed by atoms with E-state index in [0.717, 1.165) is 16.9 Å². The lowest BCUT2D eigenvalue weighted by atomic mass is 10.2. The van der Waals surface area contributed by atoms with Crippen LogP contribution in [0.2, 0.25) is 0 Å². The van der Waals surface area contributed by atoms with Gasteiger partial charge in [-0.15, -0.1) is 21.5 Å². The first kappa shape index (κ1) is 18.8. The smallest absolute Gasteiger partial charge is 0.348 e. The molecule has 7 nitrogen and oxygen atoms in total. The minimum atomic E-state index is -0.724. The molecule has 0 atom stereocenters. The first-order valence-corrected chi connectivity index (χ1v) is 8.96. The van der Waals surface area contributed by atoms with Crippen molar-refractivity contribution in [2.24, 2.45) is 0 Å². The first-order valence-electron chi connectivity index (χ1n) is 8.15. The van der Waals surface area contributed by atoms with E-state index in [4.69, 9.17) is 14.2 Å². The maximum Gasteiger partial charge on any atom is 0.348 e. The van der Waals surface area contributed by atoms with Gasteiger partial charge in [0.2, 0.25) is 0 Å². The Kier molecular flexibility index (Phi) is 5.70. The van der Waals surface area contributed by atoms with Gasteiger partial charge in [0, 0.05) is 23.6 Å². The van der Waals surface area contributed by atoms with Crippen LogP contribution in [0.5, 0.6) is 11.5 Å². The summed E-state index contributed by atoms with van der Waals surface area (Å²) in [5.41, 5.74) is 0.860. The van der Waals surface area contributed by atoms with Crippen LogP contribution in [0.15, 0.2) is 24.3 Å². The van der Waals surface area contributed by atoms with Crippen molar-refractivity contribution < 1.29 is 23.4 Å². The predicted molar refractivity (Wildman–Crippen MR) is 100 cm³/mol. The van der Waals surface area contributed by atoms with Gasteiger partial charge in [-0.2, -0.15) is 4.39 Å². The number of ether oxygens (including phenoxy) is 3. The number of fused-ring (bicyclic) bond motifs is 1. The Balaban J connectivity index is 1.89. The molecule has 0 saturated carbocycles. The zero-order valence-corrected chi connectivity index (χ0v) is 15.9. The summed E-state index contributed by atoms with van der Waals surface area (Å²) in [7, 11) is 3.15. The second-order valence-electron chi connectivity index (χ2n) is 5.44. The largest absolute Gasteiger partial charge is 0.497 e. The second-order valence-corrected chi connectivity index (χ2v) is 6.50. The number of nitrogens with one attached hydrogen (secondary N) is 1. The Hall–Kier alpha value is -2.94. The lowest BCUT2D eigenvalue weighted by Crippen LogP contribution is -2.05. The number of esters is 1. The summed E-state index contributed by atoms with van der Waals surface area (Å²) in [4.78, 5) is 12.2. The van der Waals surface area contributed by atoms with Crippen LogP contribution in [0.3, 0.4) is 0 Å². The van der Waals surface area contributed by atoms with Gasteiger partial charge in [0.05, 0.1) is 25.5 Å². The fourth-order valence-electron chi connectivity index (χ4n) is 2.52. The highest BCUT2D eigenvalue weighted by atomic mass is 32.1. The lowest BCUT2D eigenvalue weighted by molar-refractivity contribution is 0.0532. The van der Waals surface area contributed by atoms with Crippen molar-refractivity contribution >= 4 is 33.2 Å². The van der Waals surface area contributed by atoms with Gasteiger partial charge in [0.25, 0.3) is 5.95 Å². The van der Waals surface area contributed by atoms with Crippen molar-refractivity contribution in [3.63, 3.8) is 0 Å². The molecule has 0 radical (unpaired) electrons. The van der Waals surface area contributed by atoms with E-state index in [2.05, 4.69) is 15.5 Å². The highest BCUT2D eigenvalue weighted by Crippen LogP contribution is 2.32. The summed E-state index contributed by atoms with van der Waals surface area (Å²) in [6, 6.07) is 7.00.